The Morgan fingerprint density at radius 3 is 2.38 bits per heavy atom. The van der Waals surface area contributed by atoms with Crippen molar-refractivity contribution in [2.24, 2.45) is 0 Å². The molecule has 2 rings (SSSR count). The number of hydrogen-bond acceptors (Lipinski definition) is 4. The molecule has 0 aromatic heterocycles. The second-order valence-electron chi connectivity index (χ2n) is 7.45. The summed E-state index contributed by atoms with van der Waals surface area (Å²) in [5, 5.41) is 0.370. The number of halogens is 1. The Morgan fingerprint density at radius 2 is 1.83 bits per heavy atom. The lowest BCUT2D eigenvalue weighted by atomic mass is 9.75. The van der Waals surface area contributed by atoms with Crippen molar-refractivity contribution in [1.82, 2.24) is 14.7 Å². The summed E-state index contributed by atoms with van der Waals surface area (Å²) in [6.07, 6.45) is 3.02. The van der Waals surface area contributed by atoms with Crippen molar-refractivity contribution in [3.05, 3.63) is 60.2 Å². The van der Waals surface area contributed by atoms with E-state index in [0.29, 0.717) is 30.2 Å². The summed E-state index contributed by atoms with van der Waals surface area (Å²) in [6.45, 7) is 8.84. The average Bonchev–Trinajstić information content (AvgIpc) is 2.90. The molecule has 0 spiro atoms. The van der Waals surface area contributed by atoms with E-state index >= 15 is 0 Å². The molecule has 1 aliphatic heterocycles. The number of rotatable bonds is 10. The van der Waals surface area contributed by atoms with Crippen molar-refractivity contribution in [1.29, 1.82) is 0 Å². The fourth-order valence-electron chi connectivity index (χ4n) is 3.58. The van der Waals surface area contributed by atoms with E-state index in [2.05, 4.69) is 13.2 Å². The molecule has 7 heteroatoms. The second kappa shape index (κ2) is 9.85. The molecule has 6 nitrogen and oxygen atoms in total. The first-order valence-electron chi connectivity index (χ1n) is 9.51. The van der Waals surface area contributed by atoms with Crippen molar-refractivity contribution in [3.8, 4) is 0 Å². The number of carbonyl (C=O) groups excluding carboxylic acids is 3. The smallest absolute Gasteiger partial charge is 0.240 e. The van der Waals surface area contributed by atoms with E-state index in [1.54, 1.807) is 41.3 Å². The lowest BCUT2D eigenvalue weighted by Gasteiger charge is -2.30. The number of likely N-dealkylation sites (tertiary alicyclic amines) is 1. The summed E-state index contributed by atoms with van der Waals surface area (Å²) in [7, 11) is 3.75. The molecule has 1 unspecified atom stereocenters. The van der Waals surface area contributed by atoms with Gasteiger partial charge in [-0.05, 0) is 25.7 Å². The largest absolute Gasteiger partial charge is 0.335 e. The number of hydrogen-bond donors (Lipinski definition) is 0. The van der Waals surface area contributed by atoms with Crippen molar-refractivity contribution in [2.45, 2.75) is 18.3 Å². The van der Waals surface area contributed by atoms with Gasteiger partial charge in [-0.3, -0.25) is 19.3 Å². The van der Waals surface area contributed by atoms with E-state index in [1.165, 1.54) is 4.90 Å². The zero-order valence-electron chi connectivity index (χ0n) is 17.1. The topological polar surface area (TPSA) is 60.9 Å². The molecular formula is C22H28ClN3O3. The SMILES string of the molecule is C=CCN(CC=C)C(=O)CC1(c2ccccc2Cl)CC(=O)N(CCN(C)C)C1=O. The van der Waals surface area contributed by atoms with E-state index in [-0.39, 0.29) is 37.1 Å². The van der Waals surface area contributed by atoms with Crippen LogP contribution in [0.4, 0.5) is 0 Å². The summed E-state index contributed by atoms with van der Waals surface area (Å²) in [4.78, 5) is 44.1. The monoisotopic (exact) mass is 417 g/mol. The maximum Gasteiger partial charge on any atom is 0.240 e. The molecule has 1 saturated heterocycles. The van der Waals surface area contributed by atoms with Gasteiger partial charge in [-0.2, -0.15) is 0 Å². The van der Waals surface area contributed by atoms with E-state index < -0.39 is 5.41 Å². The van der Waals surface area contributed by atoms with Crippen LogP contribution in [0.15, 0.2) is 49.6 Å². The van der Waals surface area contributed by atoms with Crippen LogP contribution in [0.1, 0.15) is 18.4 Å². The zero-order chi connectivity index (χ0) is 21.6. The lowest BCUT2D eigenvalue weighted by molar-refractivity contribution is -0.142. The fourth-order valence-corrected chi connectivity index (χ4v) is 3.90. The summed E-state index contributed by atoms with van der Waals surface area (Å²) in [5.41, 5.74) is -0.794. The molecule has 0 radical (unpaired) electrons. The van der Waals surface area contributed by atoms with Gasteiger partial charge < -0.3 is 9.80 Å². The van der Waals surface area contributed by atoms with Crippen LogP contribution in [0.3, 0.4) is 0 Å². The molecule has 1 fully saturated rings. The van der Waals surface area contributed by atoms with Crippen LogP contribution in [-0.4, -0.2) is 72.7 Å². The first kappa shape index (κ1) is 22.8. The zero-order valence-corrected chi connectivity index (χ0v) is 17.8. The molecule has 1 aromatic rings. The molecule has 0 saturated carbocycles. The van der Waals surface area contributed by atoms with Gasteiger partial charge in [0, 0.05) is 44.0 Å². The lowest BCUT2D eigenvalue weighted by Crippen LogP contribution is -2.45. The molecule has 156 valence electrons. The number of amides is 3. The predicted molar refractivity (Wildman–Crippen MR) is 115 cm³/mol. The van der Waals surface area contributed by atoms with E-state index in [0.717, 1.165) is 0 Å². The number of nitrogens with zero attached hydrogens (tertiary/aromatic N) is 3. The van der Waals surface area contributed by atoms with Gasteiger partial charge in [0.2, 0.25) is 17.7 Å². The Labute approximate surface area is 177 Å². The molecule has 0 N–H and O–H groups in total. The normalized spacial score (nSPS) is 19.0. The van der Waals surface area contributed by atoms with E-state index in [4.69, 9.17) is 11.6 Å². The number of likely N-dealkylation sites (N-methyl/N-ethyl adjacent to an activating group) is 1. The Balaban J connectivity index is 2.46. The summed E-state index contributed by atoms with van der Waals surface area (Å²) in [6, 6.07) is 6.92. The highest BCUT2D eigenvalue weighted by Crippen LogP contribution is 2.43. The van der Waals surface area contributed by atoms with Crippen LogP contribution < -0.4 is 0 Å². The highest BCUT2D eigenvalue weighted by atomic mass is 35.5. The maximum absolute atomic E-state index is 13.5. The standard InChI is InChI=1S/C22H28ClN3O3/c1-5-11-25(12-6-2)19(27)15-22(17-9-7-8-10-18(17)23)16-20(28)26(21(22)29)14-13-24(3)4/h5-10H,1-2,11-16H2,3-4H3. The Kier molecular flexibility index (Phi) is 7.76. The van der Waals surface area contributed by atoms with Gasteiger partial charge in [-0.15, -0.1) is 13.2 Å². The molecule has 3 amide bonds. The number of benzene rings is 1. The summed E-state index contributed by atoms with van der Waals surface area (Å²) >= 11 is 6.42. The van der Waals surface area contributed by atoms with E-state index in [1.807, 2.05) is 19.0 Å². The number of imide groups is 1. The molecule has 0 bridgehead atoms. The highest BCUT2D eigenvalue weighted by molar-refractivity contribution is 6.32. The molecular weight excluding hydrogens is 390 g/mol. The van der Waals surface area contributed by atoms with Crippen molar-refractivity contribution in [2.75, 3.05) is 40.3 Å². The minimum absolute atomic E-state index is 0.0786. The first-order chi connectivity index (χ1) is 13.8. The van der Waals surface area contributed by atoms with Gasteiger partial charge in [0.15, 0.2) is 0 Å². The van der Waals surface area contributed by atoms with Gasteiger partial charge in [-0.25, -0.2) is 0 Å². The first-order valence-corrected chi connectivity index (χ1v) is 9.88. The predicted octanol–water partition coefficient (Wildman–Crippen LogP) is 2.49. The van der Waals surface area contributed by atoms with Crippen LogP contribution in [0.25, 0.3) is 0 Å². The third-order valence-electron chi connectivity index (χ3n) is 5.07. The van der Waals surface area contributed by atoms with Gasteiger partial charge in [0.25, 0.3) is 0 Å². The number of carbonyl (C=O) groups is 3. The van der Waals surface area contributed by atoms with Gasteiger partial charge in [0.05, 0.1) is 5.41 Å². The third kappa shape index (κ3) is 4.95. The van der Waals surface area contributed by atoms with Crippen LogP contribution in [-0.2, 0) is 19.8 Å². The molecule has 1 aromatic carbocycles. The quantitative estimate of drug-likeness (QED) is 0.433. The van der Waals surface area contributed by atoms with Crippen molar-refractivity contribution >= 4 is 29.3 Å². The van der Waals surface area contributed by atoms with Crippen LogP contribution in [0.2, 0.25) is 5.02 Å². The Bertz CT molecular complexity index is 798. The van der Waals surface area contributed by atoms with Gasteiger partial charge >= 0.3 is 0 Å². The molecule has 1 aliphatic rings. The molecule has 29 heavy (non-hydrogen) atoms. The third-order valence-corrected chi connectivity index (χ3v) is 5.40. The Hall–Kier alpha value is -2.44. The van der Waals surface area contributed by atoms with E-state index in [9.17, 15) is 14.4 Å². The highest BCUT2D eigenvalue weighted by Gasteiger charge is 2.54. The average molecular weight is 418 g/mol. The van der Waals surface area contributed by atoms with Crippen LogP contribution >= 0.6 is 11.6 Å². The maximum atomic E-state index is 13.5. The van der Waals surface area contributed by atoms with Crippen LogP contribution in [0.5, 0.6) is 0 Å². The Morgan fingerprint density at radius 1 is 1.21 bits per heavy atom. The fraction of sp³-hybridized carbons (Fsp3) is 0.409. The summed E-state index contributed by atoms with van der Waals surface area (Å²) in [5.74, 6) is -0.910. The second-order valence-corrected chi connectivity index (χ2v) is 7.85. The minimum atomic E-state index is -1.31. The minimum Gasteiger partial charge on any atom is -0.335 e. The van der Waals surface area contributed by atoms with Gasteiger partial charge in [0.1, 0.15) is 0 Å². The van der Waals surface area contributed by atoms with Gasteiger partial charge in [-0.1, -0.05) is 42.0 Å². The van der Waals surface area contributed by atoms with Crippen molar-refractivity contribution < 1.29 is 14.4 Å². The molecule has 0 aliphatic carbocycles. The van der Waals surface area contributed by atoms with Crippen molar-refractivity contribution in [3.63, 3.8) is 0 Å². The molecule has 1 atom stereocenters. The van der Waals surface area contributed by atoms with Crippen LogP contribution in [0, 0.1) is 0 Å². The summed E-state index contributed by atoms with van der Waals surface area (Å²) < 4.78 is 0. The molecule has 1 heterocycles.